The highest BCUT2D eigenvalue weighted by atomic mass is 19.1. The van der Waals surface area contributed by atoms with Crippen LogP contribution in [0.5, 0.6) is 0 Å². The Bertz CT molecular complexity index is 729. The smallest absolute Gasteiger partial charge is 0.291 e. The molecule has 2 heterocycles. The van der Waals surface area contributed by atoms with Crippen molar-refractivity contribution in [2.75, 3.05) is 33.2 Å². The monoisotopic (exact) mass is 359 g/mol. The minimum absolute atomic E-state index is 0.108. The van der Waals surface area contributed by atoms with Crippen LogP contribution in [0.2, 0.25) is 0 Å². The second-order valence-corrected chi connectivity index (χ2v) is 7.14. The maximum absolute atomic E-state index is 13.0. The van der Waals surface area contributed by atoms with Gasteiger partial charge in [0.05, 0.1) is 5.69 Å². The van der Waals surface area contributed by atoms with Gasteiger partial charge in [-0.1, -0.05) is 12.1 Å². The number of hydrogen-bond donors (Lipinski definition) is 0. The number of piperidine rings is 1. The SMILES string of the molecule is Cc1ncoc1C(=O)N(C)CC1CCCN(CCc2ccc(F)cc2)C1. The molecule has 1 fully saturated rings. The summed E-state index contributed by atoms with van der Waals surface area (Å²) in [5.74, 6) is 0.482. The van der Waals surface area contributed by atoms with Crippen molar-refractivity contribution in [3.05, 3.63) is 53.5 Å². The summed E-state index contributed by atoms with van der Waals surface area (Å²) in [6.45, 7) is 5.51. The number of rotatable bonds is 6. The van der Waals surface area contributed by atoms with Crippen LogP contribution in [0.25, 0.3) is 0 Å². The molecule has 2 aromatic rings. The van der Waals surface area contributed by atoms with Crippen molar-refractivity contribution < 1.29 is 13.6 Å². The van der Waals surface area contributed by atoms with Crippen LogP contribution in [0, 0.1) is 18.7 Å². The molecule has 1 aromatic carbocycles. The van der Waals surface area contributed by atoms with Crippen LogP contribution in [-0.2, 0) is 6.42 Å². The first-order chi connectivity index (χ1) is 12.5. The van der Waals surface area contributed by atoms with E-state index in [1.165, 1.54) is 18.5 Å². The summed E-state index contributed by atoms with van der Waals surface area (Å²) in [5, 5.41) is 0. The summed E-state index contributed by atoms with van der Waals surface area (Å²) < 4.78 is 18.2. The molecule has 5 nitrogen and oxygen atoms in total. The van der Waals surface area contributed by atoms with Crippen LogP contribution >= 0.6 is 0 Å². The quantitative estimate of drug-likeness (QED) is 0.795. The Morgan fingerprint density at radius 3 is 2.85 bits per heavy atom. The molecule has 6 heteroatoms. The Morgan fingerprint density at radius 1 is 1.38 bits per heavy atom. The summed E-state index contributed by atoms with van der Waals surface area (Å²) in [4.78, 5) is 20.6. The zero-order chi connectivity index (χ0) is 18.5. The number of benzene rings is 1. The molecule has 0 aliphatic carbocycles. The molecule has 0 saturated carbocycles. The van der Waals surface area contributed by atoms with Crippen molar-refractivity contribution in [1.82, 2.24) is 14.8 Å². The summed E-state index contributed by atoms with van der Waals surface area (Å²) in [6.07, 6.45) is 4.49. The number of halogens is 1. The third-order valence-electron chi connectivity index (χ3n) is 5.05. The molecule has 1 aromatic heterocycles. The van der Waals surface area contributed by atoms with Gasteiger partial charge in [0, 0.05) is 26.7 Å². The van der Waals surface area contributed by atoms with Gasteiger partial charge in [0.1, 0.15) is 5.82 Å². The number of hydrogen-bond acceptors (Lipinski definition) is 4. The van der Waals surface area contributed by atoms with Gasteiger partial charge in [-0.05, 0) is 56.3 Å². The van der Waals surface area contributed by atoms with Crippen molar-refractivity contribution in [1.29, 1.82) is 0 Å². The predicted molar refractivity (Wildman–Crippen MR) is 97.5 cm³/mol. The van der Waals surface area contributed by atoms with E-state index >= 15 is 0 Å². The zero-order valence-corrected chi connectivity index (χ0v) is 15.4. The van der Waals surface area contributed by atoms with E-state index in [0.29, 0.717) is 23.9 Å². The van der Waals surface area contributed by atoms with Crippen molar-refractivity contribution in [3.8, 4) is 0 Å². The Morgan fingerprint density at radius 2 is 2.15 bits per heavy atom. The first-order valence-electron chi connectivity index (χ1n) is 9.15. The zero-order valence-electron chi connectivity index (χ0n) is 15.4. The fraction of sp³-hybridized carbons (Fsp3) is 0.500. The molecule has 0 spiro atoms. The van der Waals surface area contributed by atoms with E-state index in [9.17, 15) is 9.18 Å². The third-order valence-corrected chi connectivity index (χ3v) is 5.05. The Labute approximate surface area is 153 Å². The molecule has 140 valence electrons. The lowest BCUT2D eigenvalue weighted by Gasteiger charge is -2.34. The van der Waals surface area contributed by atoms with Gasteiger partial charge in [0.25, 0.3) is 5.91 Å². The van der Waals surface area contributed by atoms with E-state index < -0.39 is 0 Å². The second-order valence-electron chi connectivity index (χ2n) is 7.14. The Balaban J connectivity index is 1.49. The minimum Gasteiger partial charge on any atom is -0.438 e. The maximum atomic E-state index is 13.0. The van der Waals surface area contributed by atoms with E-state index in [0.717, 1.165) is 44.5 Å². The average molecular weight is 359 g/mol. The molecular formula is C20H26FN3O2. The van der Waals surface area contributed by atoms with Crippen LogP contribution in [0.1, 0.15) is 34.7 Å². The van der Waals surface area contributed by atoms with Gasteiger partial charge in [0.2, 0.25) is 5.76 Å². The lowest BCUT2D eigenvalue weighted by atomic mass is 9.97. The highest BCUT2D eigenvalue weighted by molar-refractivity contribution is 5.92. The normalized spacial score (nSPS) is 18.0. The van der Waals surface area contributed by atoms with Crippen LogP contribution < -0.4 is 0 Å². The molecule has 1 unspecified atom stereocenters. The fourth-order valence-electron chi connectivity index (χ4n) is 3.59. The second kappa shape index (κ2) is 8.45. The van der Waals surface area contributed by atoms with E-state index in [-0.39, 0.29) is 11.7 Å². The van der Waals surface area contributed by atoms with Crippen LogP contribution in [0.4, 0.5) is 4.39 Å². The van der Waals surface area contributed by atoms with Gasteiger partial charge in [-0.2, -0.15) is 0 Å². The molecule has 0 bridgehead atoms. The number of carbonyl (C=O) groups is 1. The van der Waals surface area contributed by atoms with Crippen molar-refractivity contribution in [2.45, 2.75) is 26.2 Å². The molecule has 1 atom stereocenters. The van der Waals surface area contributed by atoms with Gasteiger partial charge in [-0.15, -0.1) is 0 Å². The predicted octanol–water partition coefficient (Wildman–Crippen LogP) is 3.15. The van der Waals surface area contributed by atoms with Crippen LogP contribution in [0.3, 0.4) is 0 Å². The van der Waals surface area contributed by atoms with Gasteiger partial charge in [0.15, 0.2) is 6.39 Å². The number of likely N-dealkylation sites (tertiary alicyclic amines) is 1. The lowest BCUT2D eigenvalue weighted by Crippen LogP contribution is -2.42. The molecule has 0 N–H and O–H groups in total. The third kappa shape index (κ3) is 4.69. The lowest BCUT2D eigenvalue weighted by molar-refractivity contribution is 0.0699. The van der Waals surface area contributed by atoms with Crippen LogP contribution in [-0.4, -0.2) is 53.9 Å². The van der Waals surface area contributed by atoms with E-state index in [1.54, 1.807) is 11.8 Å². The number of aryl methyl sites for hydroxylation is 1. The molecule has 0 radical (unpaired) electrons. The first kappa shape index (κ1) is 18.6. The van der Waals surface area contributed by atoms with Gasteiger partial charge < -0.3 is 14.2 Å². The van der Waals surface area contributed by atoms with Gasteiger partial charge in [-0.3, -0.25) is 4.79 Å². The average Bonchev–Trinajstić information content (AvgIpc) is 3.07. The van der Waals surface area contributed by atoms with E-state index in [2.05, 4.69) is 9.88 Å². The highest BCUT2D eigenvalue weighted by Gasteiger charge is 2.25. The molecule has 1 amide bonds. The van der Waals surface area contributed by atoms with Crippen molar-refractivity contribution in [3.63, 3.8) is 0 Å². The minimum atomic E-state index is -0.193. The van der Waals surface area contributed by atoms with Gasteiger partial charge >= 0.3 is 0 Å². The largest absolute Gasteiger partial charge is 0.438 e. The molecule has 1 aliphatic rings. The van der Waals surface area contributed by atoms with E-state index in [4.69, 9.17) is 4.42 Å². The number of amides is 1. The Kier molecular flexibility index (Phi) is 6.04. The maximum Gasteiger partial charge on any atom is 0.291 e. The number of oxazole rings is 1. The fourth-order valence-corrected chi connectivity index (χ4v) is 3.59. The number of nitrogens with zero attached hydrogens (tertiary/aromatic N) is 3. The summed E-state index contributed by atoms with van der Waals surface area (Å²) in [7, 11) is 1.82. The van der Waals surface area contributed by atoms with E-state index in [1.807, 2.05) is 19.2 Å². The molecule has 1 saturated heterocycles. The molecule has 3 rings (SSSR count). The summed E-state index contributed by atoms with van der Waals surface area (Å²) >= 11 is 0. The van der Waals surface area contributed by atoms with Crippen molar-refractivity contribution >= 4 is 5.91 Å². The molecular weight excluding hydrogens is 333 g/mol. The summed E-state index contributed by atoms with van der Waals surface area (Å²) in [6, 6.07) is 6.73. The van der Waals surface area contributed by atoms with Crippen molar-refractivity contribution in [2.24, 2.45) is 5.92 Å². The van der Waals surface area contributed by atoms with Gasteiger partial charge in [-0.25, -0.2) is 9.37 Å². The molecule has 1 aliphatic heterocycles. The topological polar surface area (TPSA) is 49.6 Å². The molecule has 26 heavy (non-hydrogen) atoms. The standard InChI is InChI=1S/C20H26FN3O2/c1-15-19(26-14-22-15)20(25)23(2)12-17-4-3-10-24(13-17)11-9-16-5-7-18(21)8-6-16/h5-8,14,17H,3-4,9-13H2,1-2H3. The number of aromatic nitrogens is 1. The van der Waals surface area contributed by atoms with Crippen LogP contribution in [0.15, 0.2) is 35.1 Å². The Hall–Kier alpha value is -2.21. The summed E-state index contributed by atoms with van der Waals surface area (Å²) in [5.41, 5.74) is 1.79. The highest BCUT2D eigenvalue weighted by Crippen LogP contribution is 2.19. The number of carbonyl (C=O) groups excluding carboxylic acids is 1. The first-order valence-corrected chi connectivity index (χ1v) is 9.15.